The number of halogens is 3. The van der Waals surface area contributed by atoms with E-state index in [1.807, 2.05) is 0 Å². The second kappa shape index (κ2) is 10.5. The Labute approximate surface area is 187 Å². The van der Waals surface area contributed by atoms with E-state index in [4.69, 9.17) is 20.5 Å². The lowest BCUT2D eigenvalue weighted by atomic mass is 10.2. The average molecular weight is 465 g/mol. The van der Waals surface area contributed by atoms with Crippen LogP contribution in [0.15, 0.2) is 47.4 Å². The number of nitriles is 1. The number of carbonyl (C=O) groups is 2. The van der Waals surface area contributed by atoms with Crippen LogP contribution in [0.5, 0.6) is 11.5 Å². The second-order valence-corrected chi connectivity index (χ2v) is 7.00. The predicted molar refractivity (Wildman–Crippen MR) is 112 cm³/mol. The fourth-order valence-corrected chi connectivity index (χ4v) is 2.65. The molecule has 0 radical (unpaired) electrons. The van der Waals surface area contributed by atoms with E-state index in [1.54, 1.807) is 6.07 Å². The van der Waals surface area contributed by atoms with Crippen molar-refractivity contribution in [1.29, 1.82) is 5.26 Å². The summed E-state index contributed by atoms with van der Waals surface area (Å²) in [6.07, 6.45) is -2.21. The molecule has 33 heavy (non-hydrogen) atoms. The fourth-order valence-electron chi connectivity index (χ4n) is 2.65. The number of hydrogen-bond donors (Lipinski definition) is 3. The molecule has 1 aromatic rings. The van der Waals surface area contributed by atoms with Gasteiger partial charge in [0.15, 0.2) is 5.76 Å². The Bertz CT molecular complexity index is 1020. The molecular formula is C21H22F3N5O4. The molecule has 0 aromatic heterocycles. The Morgan fingerprint density at radius 3 is 2.64 bits per heavy atom. The third-order valence-electron chi connectivity index (χ3n) is 4.51. The van der Waals surface area contributed by atoms with Gasteiger partial charge in [-0.3, -0.25) is 14.6 Å². The first kappa shape index (κ1) is 25.3. The highest BCUT2D eigenvalue weighted by Gasteiger charge is 2.50. The van der Waals surface area contributed by atoms with Gasteiger partial charge in [-0.2, -0.15) is 18.4 Å². The number of alkyl halides is 3. The summed E-state index contributed by atoms with van der Waals surface area (Å²) in [5.74, 6) is -1.70. The molecule has 12 heteroatoms. The largest absolute Gasteiger partial charge is 0.497 e. The maximum absolute atomic E-state index is 13.3. The number of benzene rings is 1. The van der Waals surface area contributed by atoms with Gasteiger partial charge in [-0.1, -0.05) is 6.58 Å². The molecule has 0 atom stereocenters. The van der Waals surface area contributed by atoms with Crippen LogP contribution in [-0.2, 0) is 15.8 Å². The lowest BCUT2D eigenvalue weighted by molar-refractivity contribution is -0.138. The number of nitrogens with one attached hydrogen (secondary N) is 2. The van der Waals surface area contributed by atoms with E-state index in [0.717, 1.165) is 24.5 Å². The Morgan fingerprint density at radius 2 is 2.09 bits per heavy atom. The van der Waals surface area contributed by atoms with Gasteiger partial charge >= 0.3 is 6.18 Å². The second-order valence-electron chi connectivity index (χ2n) is 7.00. The molecule has 4 N–H and O–H groups in total. The van der Waals surface area contributed by atoms with Crippen molar-refractivity contribution in [3.8, 4) is 17.6 Å². The van der Waals surface area contributed by atoms with Gasteiger partial charge in [0.2, 0.25) is 11.8 Å². The number of rotatable bonds is 10. The van der Waals surface area contributed by atoms with E-state index in [2.05, 4.69) is 22.2 Å². The Hall–Kier alpha value is -4.01. The first-order valence-corrected chi connectivity index (χ1v) is 9.57. The minimum atomic E-state index is -4.70. The van der Waals surface area contributed by atoms with Gasteiger partial charge in [0.05, 0.1) is 31.6 Å². The smallest absolute Gasteiger partial charge is 0.420 e. The minimum absolute atomic E-state index is 0.00277. The number of ether oxygens (including phenoxy) is 2. The summed E-state index contributed by atoms with van der Waals surface area (Å²) >= 11 is 0. The summed E-state index contributed by atoms with van der Waals surface area (Å²) < 4.78 is 50.0. The molecule has 1 aromatic carbocycles. The van der Waals surface area contributed by atoms with Crippen LogP contribution in [0.1, 0.15) is 24.8 Å². The highest BCUT2D eigenvalue weighted by Crippen LogP contribution is 2.39. The van der Waals surface area contributed by atoms with Gasteiger partial charge in [-0.15, -0.1) is 0 Å². The van der Waals surface area contributed by atoms with Crippen LogP contribution in [0, 0.1) is 11.3 Å². The zero-order chi connectivity index (χ0) is 24.6. The lowest BCUT2D eigenvalue weighted by Crippen LogP contribution is -2.49. The summed E-state index contributed by atoms with van der Waals surface area (Å²) in [5.41, 5.74) is 3.47. The zero-order valence-corrected chi connectivity index (χ0v) is 17.7. The summed E-state index contributed by atoms with van der Waals surface area (Å²) in [6.45, 7) is 3.55. The molecule has 2 amide bonds. The Morgan fingerprint density at radius 1 is 1.39 bits per heavy atom. The standard InChI is InChI=1S/C21H22F3N5O4/c1-13(11-28-19(31)20(6-7-20)29-18(30)5-8-25)27-12-15(10-26)33-17-4-3-14(32-2)9-16(17)21(22,23)24/h3-4,9-10,12H,1,5-7,11,26H2,2H3,(H,28,31)(H,29,30)/b15-10+,27-12-. The van der Waals surface area contributed by atoms with Crippen molar-refractivity contribution < 1.29 is 32.2 Å². The van der Waals surface area contributed by atoms with Crippen molar-refractivity contribution in [2.75, 3.05) is 13.7 Å². The first-order valence-electron chi connectivity index (χ1n) is 9.57. The molecule has 176 valence electrons. The molecule has 0 saturated heterocycles. The molecule has 1 aliphatic rings. The third-order valence-corrected chi connectivity index (χ3v) is 4.51. The molecular weight excluding hydrogens is 443 g/mol. The van der Waals surface area contributed by atoms with Crippen LogP contribution in [0.4, 0.5) is 13.2 Å². The molecule has 1 aliphatic carbocycles. The fraction of sp³-hybridized carbons (Fsp3) is 0.333. The van der Waals surface area contributed by atoms with E-state index in [1.165, 1.54) is 13.2 Å². The van der Waals surface area contributed by atoms with E-state index >= 15 is 0 Å². The summed E-state index contributed by atoms with van der Waals surface area (Å²) in [4.78, 5) is 27.8. The molecule has 0 unspecified atom stereocenters. The molecule has 0 bridgehead atoms. The van der Waals surface area contributed by atoms with Crippen LogP contribution < -0.4 is 25.8 Å². The molecule has 2 rings (SSSR count). The van der Waals surface area contributed by atoms with Crippen molar-refractivity contribution in [2.24, 2.45) is 10.7 Å². The van der Waals surface area contributed by atoms with Crippen molar-refractivity contribution in [1.82, 2.24) is 10.6 Å². The van der Waals surface area contributed by atoms with Crippen molar-refractivity contribution in [3.05, 3.63) is 48.0 Å². The average Bonchev–Trinajstić information content (AvgIpc) is 3.54. The van der Waals surface area contributed by atoms with Gasteiger partial charge in [0.25, 0.3) is 0 Å². The van der Waals surface area contributed by atoms with Crippen LogP contribution in [0.2, 0.25) is 0 Å². The maximum atomic E-state index is 13.3. The highest BCUT2D eigenvalue weighted by molar-refractivity contribution is 5.94. The van der Waals surface area contributed by atoms with Gasteiger partial charge in [0.1, 0.15) is 29.0 Å². The van der Waals surface area contributed by atoms with Gasteiger partial charge < -0.3 is 25.8 Å². The number of amides is 2. The summed E-state index contributed by atoms with van der Waals surface area (Å²) in [6, 6.07) is 4.88. The number of hydrogen-bond acceptors (Lipinski definition) is 7. The SMILES string of the molecule is C=C(CNC(=O)C1(NC(=O)CC#N)CC1)/N=C\C(=C/N)Oc1ccc(OC)cc1C(F)(F)F. The normalized spacial score (nSPS) is 14.8. The van der Waals surface area contributed by atoms with Crippen LogP contribution in [0.25, 0.3) is 0 Å². The summed E-state index contributed by atoms with van der Waals surface area (Å²) in [5, 5.41) is 13.6. The Balaban J connectivity index is 1.97. The van der Waals surface area contributed by atoms with Crippen LogP contribution >= 0.6 is 0 Å². The number of allylic oxidation sites excluding steroid dienone is 1. The molecule has 0 heterocycles. The third kappa shape index (κ3) is 6.99. The first-order chi connectivity index (χ1) is 15.5. The number of methoxy groups -OCH3 is 1. The number of nitrogens with zero attached hydrogens (tertiary/aromatic N) is 2. The van der Waals surface area contributed by atoms with Gasteiger partial charge in [0, 0.05) is 6.20 Å². The highest BCUT2D eigenvalue weighted by atomic mass is 19.4. The van der Waals surface area contributed by atoms with Crippen molar-refractivity contribution in [3.63, 3.8) is 0 Å². The molecule has 0 spiro atoms. The van der Waals surface area contributed by atoms with E-state index in [-0.39, 0.29) is 30.2 Å². The maximum Gasteiger partial charge on any atom is 0.420 e. The van der Waals surface area contributed by atoms with E-state index in [9.17, 15) is 22.8 Å². The monoisotopic (exact) mass is 465 g/mol. The van der Waals surface area contributed by atoms with E-state index < -0.39 is 34.8 Å². The minimum Gasteiger partial charge on any atom is -0.497 e. The molecule has 9 nitrogen and oxygen atoms in total. The lowest BCUT2D eigenvalue weighted by Gasteiger charge is -2.16. The number of nitrogens with two attached hydrogens (primary N) is 1. The molecule has 1 fully saturated rings. The van der Waals surface area contributed by atoms with Crippen molar-refractivity contribution >= 4 is 18.0 Å². The van der Waals surface area contributed by atoms with Gasteiger partial charge in [-0.25, -0.2) is 0 Å². The zero-order valence-electron chi connectivity index (χ0n) is 17.7. The van der Waals surface area contributed by atoms with Crippen LogP contribution in [0.3, 0.4) is 0 Å². The quantitative estimate of drug-likeness (QED) is 0.358. The van der Waals surface area contributed by atoms with E-state index in [0.29, 0.717) is 12.8 Å². The van der Waals surface area contributed by atoms with Gasteiger partial charge in [-0.05, 0) is 31.0 Å². The topological polar surface area (TPSA) is 139 Å². The number of carbonyl (C=O) groups excluding carboxylic acids is 2. The Kier molecular flexibility index (Phi) is 8.06. The molecule has 1 saturated carbocycles. The summed E-state index contributed by atoms with van der Waals surface area (Å²) in [7, 11) is 1.24. The van der Waals surface area contributed by atoms with Crippen LogP contribution in [-0.4, -0.2) is 37.2 Å². The molecule has 0 aliphatic heterocycles. The van der Waals surface area contributed by atoms with Crippen molar-refractivity contribution in [2.45, 2.75) is 31.0 Å². The predicted octanol–water partition coefficient (Wildman–Crippen LogP) is 2.16. The number of aliphatic imine (C=N–C) groups is 1.